The van der Waals surface area contributed by atoms with E-state index in [4.69, 9.17) is 9.84 Å². The largest absolute Gasteiger partial charge is 0.506 e. The molecule has 206 valence electrons. The molecule has 0 aliphatic carbocycles. The van der Waals surface area contributed by atoms with E-state index in [1.807, 2.05) is 18.2 Å². The minimum Gasteiger partial charge on any atom is -0.506 e. The van der Waals surface area contributed by atoms with Gasteiger partial charge in [-0.05, 0) is 57.8 Å². The van der Waals surface area contributed by atoms with Crippen molar-refractivity contribution in [2.24, 2.45) is 0 Å². The zero-order chi connectivity index (χ0) is 28.1. The Morgan fingerprint density at radius 3 is 2.83 bits per heavy atom. The Labute approximate surface area is 239 Å². The van der Waals surface area contributed by atoms with Crippen LogP contribution in [0.3, 0.4) is 0 Å². The number of ether oxygens (including phenoxy) is 1. The summed E-state index contributed by atoms with van der Waals surface area (Å²) >= 11 is 3.52. The lowest BCUT2D eigenvalue weighted by Gasteiger charge is -2.39. The number of aromatic hydroxyl groups is 1. The molecule has 4 heterocycles. The van der Waals surface area contributed by atoms with Gasteiger partial charge in [0.05, 0.1) is 41.3 Å². The Kier molecular flexibility index (Phi) is 6.61. The average molecular weight is 605 g/mol. The number of phenols is 1. The SMILES string of the molecule is C=CC(=O)N1CCOc2nn(-c3ccc(C(C)C)cc3O)c3c2[C@H](C1)N(C(=O)c1ccc(Br)c2[nH]cnc12)CC3. The van der Waals surface area contributed by atoms with Crippen LogP contribution in [-0.2, 0) is 11.2 Å². The molecule has 0 saturated carbocycles. The highest BCUT2D eigenvalue weighted by Gasteiger charge is 2.41. The number of hydrogen-bond donors (Lipinski definition) is 2. The normalized spacial score (nSPS) is 16.9. The number of nitrogens with one attached hydrogen (secondary N) is 1. The third-order valence-electron chi connectivity index (χ3n) is 7.68. The second kappa shape index (κ2) is 10.1. The number of fused-ring (bicyclic) bond motifs is 1. The molecule has 0 saturated heterocycles. The Balaban J connectivity index is 1.48. The van der Waals surface area contributed by atoms with Gasteiger partial charge in [0.1, 0.15) is 23.6 Å². The van der Waals surface area contributed by atoms with Gasteiger partial charge >= 0.3 is 0 Å². The zero-order valence-electron chi connectivity index (χ0n) is 22.2. The Morgan fingerprint density at radius 1 is 1.25 bits per heavy atom. The van der Waals surface area contributed by atoms with Crippen molar-refractivity contribution >= 4 is 38.8 Å². The Bertz CT molecular complexity index is 1660. The first kappa shape index (κ1) is 26.1. The van der Waals surface area contributed by atoms with Crippen LogP contribution in [0.5, 0.6) is 11.6 Å². The first-order valence-corrected chi connectivity index (χ1v) is 14.0. The number of benzene rings is 2. The maximum absolute atomic E-state index is 14.1. The second-order valence-corrected chi connectivity index (χ2v) is 11.2. The lowest BCUT2D eigenvalue weighted by atomic mass is 9.95. The smallest absolute Gasteiger partial charge is 0.256 e. The molecule has 2 N–H and O–H groups in total. The van der Waals surface area contributed by atoms with Crippen molar-refractivity contribution in [2.75, 3.05) is 26.2 Å². The van der Waals surface area contributed by atoms with Crippen LogP contribution in [0.15, 0.2) is 53.8 Å². The third-order valence-corrected chi connectivity index (χ3v) is 8.34. The molecule has 1 atom stereocenters. The molecule has 2 aromatic carbocycles. The summed E-state index contributed by atoms with van der Waals surface area (Å²) in [6.07, 6.45) is 3.32. The topological polar surface area (TPSA) is 117 Å². The van der Waals surface area contributed by atoms with Crippen LogP contribution in [0.25, 0.3) is 16.7 Å². The van der Waals surface area contributed by atoms with E-state index in [9.17, 15) is 14.7 Å². The molecular weight excluding hydrogens is 576 g/mol. The minimum absolute atomic E-state index is 0.118. The summed E-state index contributed by atoms with van der Waals surface area (Å²) in [6, 6.07) is 8.66. The molecule has 11 heteroatoms. The number of halogens is 1. The number of nitrogens with zero attached hydrogens (tertiary/aromatic N) is 5. The minimum atomic E-state index is -0.529. The van der Waals surface area contributed by atoms with Crippen LogP contribution >= 0.6 is 15.9 Å². The van der Waals surface area contributed by atoms with Crippen molar-refractivity contribution in [3.63, 3.8) is 0 Å². The molecule has 6 rings (SSSR count). The van der Waals surface area contributed by atoms with Gasteiger partial charge in [-0.2, -0.15) is 0 Å². The summed E-state index contributed by atoms with van der Waals surface area (Å²) < 4.78 is 8.64. The van der Waals surface area contributed by atoms with Gasteiger partial charge in [-0.3, -0.25) is 9.59 Å². The average Bonchev–Trinajstić information content (AvgIpc) is 3.57. The fourth-order valence-corrected chi connectivity index (χ4v) is 6.02. The number of rotatable bonds is 4. The standard InChI is InChI=1S/C29H29BrN6O4/c1-4-24(38)34-11-12-40-28-25-21(36(33-28)20-8-5-17(16(2)3)13-23(20)37)9-10-35(22(25)14-34)29(39)18-6-7-19(30)27-26(18)31-15-32-27/h4-8,13,15-16,22,37H,1,9-12,14H2,2-3H3,(H,31,32)/t22-/m0/s1. The molecule has 0 bridgehead atoms. The fraction of sp³-hybridized carbons (Fsp3) is 0.310. The summed E-state index contributed by atoms with van der Waals surface area (Å²) in [4.78, 5) is 37.8. The van der Waals surface area contributed by atoms with Crippen LogP contribution in [0, 0.1) is 0 Å². The van der Waals surface area contributed by atoms with Gasteiger partial charge in [-0.25, -0.2) is 9.67 Å². The van der Waals surface area contributed by atoms with E-state index in [0.717, 1.165) is 26.8 Å². The number of carbonyl (C=O) groups is 2. The molecule has 2 aromatic heterocycles. The van der Waals surface area contributed by atoms with Gasteiger partial charge < -0.3 is 24.6 Å². The van der Waals surface area contributed by atoms with Crippen molar-refractivity contribution in [2.45, 2.75) is 32.2 Å². The number of carbonyl (C=O) groups excluding carboxylic acids is 2. The van der Waals surface area contributed by atoms with E-state index in [2.05, 4.69) is 46.3 Å². The predicted molar refractivity (Wildman–Crippen MR) is 153 cm³/mol. The summed E-state index contributed by atoms with van der Waals surface area (Å²) in [5.41, 5.74) is 4.90. The van der Waals surface area contributed by atoms with Crippen molar-refractivity contribution in [3.05, 3.63) is 76.2 Å². The lowest BCUT2D eigenvalue weighted by Crippen LogP contribution is -2.48. The first-order valence-electron chi connectivity index (χ1n) is 13.2. The van der Waals surface area contributed by atoms with Crippen molar-refractivity contribution in [3.8, 4) is 17.3 Å². The van der Waals surface area contributed by atoms with E-state index in [0.29, 0.717) is 42.2 Å². The highest BCUT2D eigenvalue weighted by Crippen LogP contribution is 2.41. The van der Waals surface area contributed by atoms with Gasteiger partial charge in [0, 0.05) is 24.0 Å². The van der Waals surface area contributed by atoms with Crippen LogP contribution in [0.2, 0.25) is 0 Å². The van der Waals surface area contributed by atoms with Crippen LogP contribution in [0.4, 0.5) is 0 Å². The van der Waals surface area contributed by atoms with Gasteiger partial charge in [-0.1, -0.05) is 26.5 Å². The molecule has 0 fully saturated rings. The molecular formula is C29H29BrN6O4. The quantitative estimate of drug-likeness (QED) is 0.332. The van der Waals surface area contributed by atoms with Crippen LogP contribution in [0.1, 0.15) is 53.0 Å². The molecule has 2 aliphatic heterocycles. The number of aromatic amines is 1. The summed E-state index contributed by atoms with van der Waals surface area (Å²) in [7, 11) is 0. The summed E-state index contributed by atoms with van der Waals surface area (Å²) in [5, 5.41) is 15.7. The molecule has 4 aromatic rings. The Morgan fingerprint density at radius 2 is 2.08 bits per heavy atom. The number of H-pyrrole nitrogens is 1. The van der Waals surface area contributed by atoms with Crippen molar-refractivity contribution in [1.29, 1.82) is 0 Å². The van der Waals surface area contributed by atoms with E-state index in [1.54, 1.807) is 32.9 Å². The molecule has 40 heavy (non-hydrogen) atoms. The molecule has 0 radical (unpaired) electrons. The lowest BCUT2D eigenvalue weighted by molar-refractivity contribution is -0.127. The van der Waals surface area contributed by atoms with Gasteiger partial charge in [0.15, 0.2) is 0 Å². The third kappa shape index (κ3) is 4.25. The van der Waals surface area contributed by atoms with E-state index in [-0.39, 0.29) is 36.6 Å². The van der Waals surface area contributed by atoms with Crippen LogP contribution < -0.4 is 4.74 Å². The number of amides is 2. The summed E-state index contributed by atoms with van der Waals surface area (Å²) in [5.74, 6) is 0.341. The van der Waals surface area contributed by atoms with Crippen molar-refractivity contribution < 1.29 is 19.4 Å². The number of aromatic nitrogens is 4. The predicted octanol–water partition coefficient (Wildman–Crippen LogP) is 4.49. The number of phenolic OH excluding ortho intramolecular Hbond substituents is 1. The van der Waals surface area contributed by atoms with E-state index < -0.39 is 6.04 Å². The maximum atomic E-state index is 14.1. The van der Waals surface area contributed by atoms with Gasteiger partial charge in [-0.15, -0.1) is 5.10 Å². The fourth-order valence-electron chi connectivity index (χ4n) is 5.58. The molecule has 0 unspecified atom stereocenters. The number of imidazole rings is 1. The molecule has 2 amide bonds. The zero-order valence-corrected chi connectivity index (χ0v) is 23.8. The molecule has 0 spiro atoms. The van der Waals surface area contributed by atoms with Gasteiger partial charge in [0.25, 0.3) is 5.91 Å². The monoisotopic (exact) mass is 604 g/mol. The van der Waals surface area contributed by atoms with Crippen molar-refractivity contribution in [1.82, 2.24) is 29.5 Å². The van der Waals surface area contributed by atoms with Gasteiger partial charge in [0.2, 0.25) is 11.8 Å². The van der Waals surface area contributed by atoms with E-state index in [1.165, 1.54) is 6.08 Å². The van der Waals surface area contributed by atoms with E-state index >= 15 is 0 Å². The molecule has 10 nitrogen and oxygen atoms in total. The highest BCUT2D eigenvalue weighted by molar-refractivity contribution is 9.10. The first-order chi connectivity index (χ1) is 19.3. The van der Waals surface area contributed by atoms with Crippen LogP contribution in [-0.4, -0.2) is 72.7 Å². The summed E-state index contributed by atoms with van der Waals surface area (Å²) in [6.45, 7) is 8.99. The maximum Gasteiger partial charge on any atom is 0.256 e. The number of hydrogen-bond acceptors (Lipinski definition) is 6. The highest BCUT2D eigenvalue weighted by atomic mass is 79.9. The Hall–Kier alpha value is -4.12. The second-order valence-electron chi connectivity index (χ2n) is 10.3. The molecule has 2 aliphatic rings.